The van der Waals surface area contributed by atoms with Gasteiger partial charge in [0.15, 0.2) is 5.82 Å². The summed E-state index contributed by atoms with van der Waals surface area (Å²) in [6, 6.07) is 3.90. The molecule has 2 aromatic heterocycles. The minimum absolute atomic E-state index is 0.656. The second-order valence-corrected chi connectivity index (χ2v) is 4.80. The van der Waals surface area contributed by atoms with Gasteiger partial charge in [-0.2, -0.15) is 5.10 Å². The molecule has 6 heteroatoms. The fraction of sp³-hybridized carbons (Fsp3) is 0.417. The summed E-state index contributed by atoms with van der Waals surface area (Å²) in [5.74, 6) is 0.865. The smallest absolute Gasteiger partial charge is 0.214 e. The number of H-pyrrole nitrogens is 1. The van der Waals surface area contributed by atoms with Crippen LogP contribution in [0.5, 0.6) is 0 Å². The summed E-state index contributed by atoms with van der Waals surface area (Å²) in [6.45, 7) is 2.07. The Morgan fingerprint density at radius 2 is 1.83 bits per heavy atom. The molecule has 0 atom stereocenters. The van der Waals surface area contributed by atoms with Crippen molar-refractivity contribution in [2.24, 2.45) is 0 Å². The highest BCUT2D eigenvalue weighted by Crippen LogP contribution is 2.18. The molecule has 3 rings (SSSR count). The van der Waals surface area contributed by atoms with E-state index in [0.29, 0.717) is 4.77 Å². The highest BCUT2D eigenvalue weighted by atomic mass is 32.1. The Balaban J connectivity index is 2.03. The van der Waals surface area contributed by atoms with Crippen LogP contribution in [0, 0.1) is 4.77 Å². The summed E-state index contributed by atoms with van der Waals surface area (Å²) in [5.41, 5.74) is 1.03. The van der Waals surface area contributed by atoms with Crippen LogP contribution in [-0.2, 0) is 0 Å². The third-order valence-corrected chi connectivity index (χ3v) is 3.47. The molecular formula is C12H15N5S. The molecule has 0 unspecified atom stereocenters. The molecule has 1 aliphatic heterocycles. The zero-order valence-electron chi connectivity index (χ0n) is 10.0. The molecule has 0 saturated carbocycles. The second-order valence-electron chi connectivity index (χ2n) is 4.41. The molecule has 0 aliphatic carbocycles. The fourth-order valence-electron chi connectivity index (χ4n) is 2.32. The number of hydrogen-bond donors (Lipinski definition) is 1. The Kier molecular flexibility index (Phi) is 3.10. The van der Waals surface area contributed by atoms with Crippen molar-refractivity contribution >= 4 is 12.2 Å². The Morgan fingerprint density at radius 1 is 1.11 bits per heavy atom. The third-order valence-electron chi connectivity index (χ3n) is 3.20. The number of nitrogens with zero attached hydrogens (tertiary/aromatic N) is 4. The van der Waals surface area contributed by atoms with Crippen molar-refractivity contribution < 1.29 is 0 Å². The van der Waals surface area contributed by atoms with E-state index in [1.54, 1.807) is 12.4 Å². The first-order valence-corrected chi connectivity index (χ1v) is 6.60. The van der Waals surface area contributed by atoms with Crippen LogP contribution in [0.15, 0.2) is 24.5 Å². The number of aromatic amines is 1. The first-order chi connectivity index (χ1) is 8.86. The third kappa shape index (κ3) is 2.03. The molecule has 0 bridgehead atoms. The number of aromatic nitrogens is 4. The van der Waals surface area contributed by atoms with Gasteiger partial charge < -0.3 is 5.01 Å². The van der Waals surface area contributed by atoms with Gasteiger partial charge in [-0.05, 0) is 43.6 Å². The maximum Gasteiger partial charge on any atom is 0.214 e. The first kappa shape index (κ1) is 11.4. The van der Waals surface area contributed by atoms with Gasteiger partial charge in [-0.25, -0.2) is 9.77 Å². The van der Waals surface area contributed by atoms with Gasteiger partial charge in [-0.3, -0.25) is 4.98 Å². The molecule has 1 fully saturated rings. The summed E-state index contributed by atoms with van der Waals surface area (Å²) in [4.78, 5) is 4.03. The van der Waals surface area contributed by atoms with E-state index >= 15 is 0 Å². The molecule has 0 aromatic carbocycles. The SMILES string of the molecule is S=c1[nH]nc(-c2ccncc2)n1N1CCCCC1. The maximum atomic E-state index is 5.34. The number of hydrogen-bond acceptors (Lipinski definition) is 4. The largest absolute Gasteiger partial charge is 0.309 e. The topological polar surface area (TPSA) is 49.7 Å². The van der Waals surface area contributed by atoms with E-state index in [1.807, 2.05) is 16.8 Å². The van der Waals surface area contributed by atoms with E-state index in [0.717, 1.165) is 24.5 Å². The normalized spacial score (nSPS) is 15.9. The molecular weight excluding hydrogens is 246 g/mol. The van der Waals surface area contributed by atoms with Crippen LogP contribution in [0.25, 0.3) is 11.4 Å². The summed E-state index contributed by atoms with van der Waals surface area (Å²) in [5, 5.41) is 9.49. The molecule has 3 heterocycles. The van der Waals surface area contributed by atoms with E-state index in [9.17, 15) is 0 Å². The predicted octanol–water partition coefficient (Wildman–Crippen LogP) is 2.12. The molecule has 18 heavy (non-hydrogen) atoms. The lowest BCUT2D eigenvalue weighted by molar-refractivity contribution is 0.477. The van der Waals surface area contributed by atoms with Gasteiger partial charge in [0, 0.05) is 31.0 Å². The van der Waals surface area contributed by atoms with Crippen LogP contribution in [0.2, 0.25) is 0 Å². The van der Waals surface area contributed by atoms with Gasteiger partial charge in [-0.15, -0.1) is 0 Å². The Labute approximate surface area is 110 Å². The minimum Gasteiger partial charge on any atom is -0.309 e. The van der Waals surface area contributed by atoms with Gasteiger partial charge in [0.25, 0.3) is 0 Å². The Hall–Kier alpha value is -1.69. The molecule has 0 amide bonds. The highest BCUT2D eigenvalue weighted by molar-refractivity contribution is 7.71. The van der Waals surface area contributed by atoms with Crippen molar-refractivity contribution in [3.63, 3.8) is 0 Å². The number of nitrogens with one attached hydrogen (secondary N) is 1. The molecule has 1 saturated heterocycles. The van der Waals surface area contributed by atoms with Crippen molar-refractivity contribution in [1.82, 2.24) is 19.9 Å². The van der Waals surface area contributed by atoms with Crippen LogP contribution in [-0.4, -0.2) is 32.9 Å². The predicted molar refractivity (Wildman–Crippen MR) is 72.4 cm³/mol. The van der Waals surface area contributed by atoms with Crippen LogP contribution in [0.4, 0.5) is 0 Å². The molecule has 0 spiro atoms. The quantitative estimate of drug-likeness (QED) is 0.841. The molecule has 5 nitrogen and oxygen atoms in total. The summed E-state index contributed by atoms with van der Waals surface area (Å²) < 4.78 is 2.67. The van der Waals surface area contributed by atoms with E-state index < -0.39 is 0 Å². The maximum absolute atomic E-state index is 5.34. The average Bonchev–Trinajstić information content (AvgIpc) is 2.83. The molecule has 1 N–H and O–H groups in total. The van der Waals surface area contributed by atoms with E-state index in [4.69, 9.17) is 12.2 Å². The van der Waals surface area contributed by atoms with Gasteiger partial charge in [0.05, 0.1) is 0 Å². The standard InChI is InChI=1S/C12H15N5S/c18-12-15-14-11(10-4-6-13-7-5-10)17(12)16-8-2-1-3-9-16/h4-7H,1-3,8-9H2,(H,15,18). The van der Waals surface area contributed by atoms with Crippen LogP contribution < -0.4 is 5.01 Å². The fourth-order valence-corrected chi connectivity index (χ4v) is 2.57. The molecule has 94 valence electrons. The van der Waals surface area contributed by atoms with Crippen molar-refractivity contribution in [2.45, 2.75) is 19.3 Å². The summed E-state index contributed by atoms with van der Waals surface area (Å²) >= 11 is 5.34. The number of pyridine rings is 1. The van der Waals surface area contributed by atoms with Gasteiger partial charge in [0.1, 0.15) is 0 Å². The zero-order valence-corrected chi connectivity index (χ0v) is 10.9. The van der Waals surface area contributed by atoms with Crippen molar-refractivity contribution in [1.29, 1.82) is 0 Å². The van der Waals surface area contributed by atoms with Crippen molar-refractivity contribution in [2.75, 3.05) is 18.1 Å². The highest BCUT2D eigenvalue weighted by Gasteiger charge is 2.17. The van der Waals surface area contributed by atoms with E-state index in [-0.39, 0.29) is 0 Å². The number of rotatable bonds is 2. The first-order valence-electron chi connectivity index (χ1n) is 6.19. The molecule has 2 aromatic rings. The zero-order chi connectivity index (χ0) is 12.4. The van der Waals surface area contributed by atoms with Crippen LogP contribution in [0.1, 0.15) is 19.3 Å². The summed E-state index contributed by atoms with van der Waals surface area (Å²) in [7, 11) is 0. The lowest BCUT2D eigenvalue weighted by atomic mass is 10.2. The monoisotopic (exact) mass is 261 g/mol. The van der Waals surface area contributed by atoms with E-state index in [1.165, 1.54) is 19.3 Å². The van der Waals surface area contributed by atoms with Crippen LogP contribution >= 0.6 is 12.2 Å². The van der Waals surface area contributed by atoms with Crippen molar-refractivity contribution in [3.8, 4) is 11.4 Å². The van der Waals surface area contributed by atoms with Gasteiger partial charge in [0.2, 0.25) is 4.77 Å². The number of piperidine rings is 1. The lowest BCUT2D eigenvalue weighted by Gasteiger charge is -2.30. The van der Waals surface area contributed by atoms with E-state index in [2.05, 4.69) is 20.2 Å². The molecule has 0 radical (unpaired) electrons. The summed E-state index contributed by atoms with van der Waals surface area (Å²) in [6.07, 6.45) is 7.26. The Bertz CT molecular complexity index is 568. The minimum atomic E-state index is 0.656. The second kappa shape index (κ2) is 4.89. The lowest BCUT2D eigenvalue weighted by Crippen LogP contribution is -2.39. The Morgan fingerprint density at radius 3 is 2.56 bits per heavy atom. The van der Waals surface area contributed by atoms with Crippen molar-refractivity contribution in [3.05, 3.63) is 29.3 Å². The van der Waals surface area contributed by atoms with Gasteiger partial charge in [-0.1, -0.05) is 0 Å². The average molecular weight is 261 g/mol. The van der Waals surface area contributed by atoms with Gasteiger partial charge >= 0.3 is 0 Å². The molecule has 1 aliphatic rings. The van der Waals surface area contributed by atoms with Crippen LogP contribution in [0.3, 0.4) is 0 Å².